The lowest BCUT2D eigenvalue weighted by molar-refractivity contribution is 0.422. The van der Waals surface area contributed by atoms with Crippen molar-refractivity contribution in [1.82, 2.24) is 10.1 Å². The molecule has 0 aliphatic heterocycles. The Morgan fingerprint density at radius 2 is 2.19 bits per heavy atom. The van der Waals surface area contributed by atoms with Gasteiger partial charge in [0, 0.05) is 17.2 Å². The number of aromatic nitrogens is 2. The van der Waals surface area contributed by atoms with Crippen molar-refractivity contribution in [3.8, 4) is 11.5 Å². The molecule has 2 aromatic rings. The average molecular weight is 215 g/mol. The van der Waals surface area contributed by atoms with E-state index in [1.807, 2.05) is 25.1 Å². The quantitative estimate of drug-likeness (QED) is 0.782. The lowest BCUT2D eigenvalue weighted by atomic mass is 10.1. The normalized spacial score (nSPS) is 15.3. The Bertz CT molecular complexity index is 529. The fraction of sp³-hybridized carbons (Fsp3) is 0.333. The van der Waals surface area contributed by atoms with E-state index >= 15 is 0 Å². The second kappa shape index (κ2) is 3.33. The first kappa shape index (κ1) is 9.39. The number of benzene rings is 1. The van der Waals surface area contributed by atoms with E-state index in [0.717, 1.165) is 22.6 Å². The first-order valence-corrected chi connectivity index (χ1v) is 5.44. The number of hydrogen-bond donors (Lipinski definition) is 1. The van der Waals surface area contributed by atoms with Crippen LogP contribution in [0.1, 0.15) is 30.1 Å². The van der Waals surface area contributed by atoms with Gasteiger partial charge in [-0.05, 0) is 43.5 Å². The Morgan fingerprint density at radius 1 is 1.38 bits per heavy atom. The van der Waals surface area contributed by atoms with Crippen molar-refractivity contribution in [2.24, 2.45) is 0 Å². The van der Waals surface area contributed by atoms with Gasteiger partial charge in [0.15, 0.2) is 5.82 Å². The molecule has 0 amide bonds. The Labute approximate surface area is 93.5 Å². The van der Waals surface area contributed by atoms with Crippen molar-refractivity contribution >= 4 is 5.69 Å². The van der Waals surface area contributed by atoms with Crippen LogP contribution in [0.25, 0.3) is 11.5 Å². The maximum Gasteiger partial charge on any atom is 0.257 e. The Hall–Kier alpha value is -1.84. The largest absolute Gasteiger partial charge is 0.399 e. The van der Waals surface area contributed by atoms with Crippen LogP contribution in [-0.2, 0) is 0 Å². The lowest BCUT2D eigenvalue weighted by Gasteiger charge is -2.00. The lowest BCUT2D eigenvalue weighted by Crippen LogP contribution is -1.89. The number of aryl methyl sites for hydroxylation is 1. The molecule has 16 heavy (non-hydrogen) atoms. The van der Waals surface area contributed by atoms with Gasteiger partial charge in [0.05, 0.1) is 0 Å². The van der Waals surface area contributed by atoms with E-state index in [0.29, 0.717) is 11.8 Å². The zero-order chi connectivity index (χ0) is 11.1. The molecule has 1 aromatic heterocycles. The van der Waals surface area contributed by atoms with Crippen LogP contribution in [0.3, 0.4) is 0 Å². The smallest absolute Gasteiger partial charge is 0.257 e. The summed E-state index contributed by atoms with van der Waals surface area (Å²) >= 11 is 0. The third-order valence-electron chi connectivity index (χ3n) is 2.90. The summed E-state index contributed by atoms with van der Waals surface area (Å²) in [7, 11) is 0. The highest BCUT2D eigenvalue weighted by atomic mass is 16.5. The predicted octanol–water partition coefficient (Wildman–Crippen LogP) is 2.50. The van der Waals surface area contributed by atoms with E-state index in [4.69, 9.17) is 10.3 Å². The minimum absolute atomic E-state index is 0.521. The topological polar surface area (TPSA) is 64.9 Å². The van der Waals surface area contributed by atoms with Crippen LogP contribution in [0.4, 0.5) is 5.69 Å². The van der Waals surface area contributed by atoms with Crippen LogP contribution >= 0.6 is 0 Å². The fourth-order valence-corrected chi connectivity index (χ4v) is 1.67. The molecule has 0 unspecified atom stereocenters. The molecule has 1 aliphatic carbocycles. The van der Waals surface area contributed by atoms with E-state index in [-0.39, 0.29) is 0 Å². The summed E-state index contributed by atoms with van der Waals surface area (Å²) in [6.45, 7) is 1.97. The molecule has 2 N–H and O–H groups in total. The third kappa shape index (κ3) is 1.56. The zero-order valence-corrected chi connectivity index (χ0v) is 9.10. The van der Waals surface area contributed by atoms with Gasteiger partial charge in [-0.25, -0.2) is 0 Å². The number of nitrogens with zero attached hydrogens (tertiary/aromatic N) is 2. The number of anilines is 1. The summed E-state index contributed by atoms with van der Waals surface area (Å²) in [5.41, 5.74) is 8.51. The summed E-state index contributed by atoms with van der Waals surface area (Å²) < 4.78 is 5.24. The summed E-state index contributed by atoms with van der Waals surface area (Å²) in [6.07, 6.45) is 2.36. The van der Waals surface area contributed by atoms with Crippen LogP contribution in [0.2, 0.25) is 0 Å². The molecule has 4 nitrogen and oxygen atoms in total. The van der Waals surface area contributed by atoms with Crippen LogP contribution in [-0.4, -0.2) is 10.1 Å². The summed E-state index contributed by atoms with van der Waals surface area (Å²) in [6, 6.07) is 5.75. The highest BCUT2D eigenvalue weighted by molar-refractivity contribution is 5.60. The van der Waals surface area contributed by atoms with Crippen molar-refractivity contribution in [2.45, 2.75) is 25.7 Å². The van der Waals surface area contributed by atoms with Crippen molar-refractivity contribution in [3.05, 3.63) is 29.6 Å². The van der Waals surface area contributed by atoms with Gasteiger partial charge in [-0.1, -0.05) is 5.16 Å². The summed E-state index contributed by atoms with van der Waals surface area (Å²) in [5, 5.41) is 3.99. The molecule has 1 fully saturated rings. The molecule has 1 saturated carbocycles. The second-order valence-corrected chi connectivity index (χ2v) is 4.30. The molecule has 1 aromatic carbocycles. The highest BCUT2D eigenvalue weighted by Gasteiger charge is 2.28. The monoisotopic (exact) mass is 215 g/mol. The van der Waals surface area contributed by atoms with E-state index in [9.17, 15) is 0 Å². The van der Waals surface area contributed by atoms with Crippen molar-refractivity contribution in [1.29, 1.82) is 0 Å². The number of nitrogen functional groups attached to an aromatic ring is 1. The Morgan fingerprint density at radius 3 is 2.88 bits per heavy atom. The van der Waals surface area contributed by atoms with Crippen molar-refractivity contribution in [3.63, 3.8) is 0 Å². The predicted molar refractivity (Wildman–Crippen MR) is 60.9 cm³/mol. The van der Waals surface area contributed by atoms with Gasteiger partial charge in [0.25, 0.3) is 5.89 Å². The molecule has 0 atom stereocenters. The van der Waals surface area contributed by atoms with Gasteiger partial charge in [-0.3, -0.25) is 0 Å². The van der Waals surface area contributed by atoms with Gasteiger partial charge >= 0.3 is 0 Å². The molecule has 1 aliphatic rings. The van der Waals surface area contributed by atoms with Crippen LogP contribution in [0.15, 0.2) is 22.7 Å². The summed E-state index contributed by atoms with van der Waals surface area (Å²) in [5.74, 6) is 1.95. The molecule has 3 rings (SSSR count). The standard InChI is InChI=1S/C12H13N3O/c1-7-6-9(4-5-10(7)13)12-14-11(15-16-12)8-2-3-8/h4-6,8H,2-3,13H2,1H3. The van der Waals surface area contributed by atoms with Crippen LogP contribution in [0.5, 0.6) is 0 Å². The average Bonchev–Trinajstić information content (AvgIpc) is 3.01. The van der Waals surface area contributed by atoms with Crippen molar-refractivity contribution < 1.29 is 4.52 Å². The van der Waals surface area contributed by atoms with Crippen molar-refractivity contribution in [2.75, 3.05) is 5.73 Å². The van der Waals surface area contributed by atoms with Gasteiger partial charge in [0.1, 0.15) is 0 Å². The Kier molecular flexibility index (Phi) is 1.96. The van der Waals surface area contributed by atoms with E-state index < -0.39 is 0 Å². The van der Waals surface area contributed by atoms with E-state index in [1.54, 1.807) is 0 Å². The zero-order valence-electron chi connectivity index (χ0n) is 9.10. The van der Waals surface area contributed by atoms with Crippen LogP contribution < -0.4 is 5.73 Å². The summed E-state index contributed by atoms with van der Waals surface area (Å²) in [4.78, 5) is 4.39. The van der Waals surface area contributed by atoms with E-state index in [1.165, 1.54) is 12.8 Å². The maximum absolute atomic E-state index is 5.76. The van der Waals surface area contributed by atoms with Gasteiger partial charge in [-0.2, -0.15) is 4.98 Å². The second-order valence-electron chi connectivity index (χ2n) is 4.30. The molecule has 0 radical (unpaired) electrons. The molecule has 0 bridgehead atoms. The maximum atomic E-state index is 5.76. The first-order chi connectivity index (χ1) is 7.74. The fourth-order valence-electron chi connectivity index (χ4n) is 1.67. The molecule has 0 saturated heterocycles. The Balaban J connectivity index is 1.97. The number of nitrogens with two attached hydrogens (primary N) is 1. The molecular weight excluding hydrogens is 202 g/mol. The molecule has 82 valence electrons. The van der Waals surface area contributed by atoms with Gasteiger partial charge in [-0.15, -0.1) is 0 Å². The highest BCUT2D eigenvalue weighted by Crippen LogP contribution is 2.38. The molecular formula is C12H13N3O. The number of rotatable bonds is 2. The SMILES string of the molecule is Cc1cc(-c2nc(C3CC3)no2)ccc1N. The molecule has 0 spiro atoms. The first-order valence-electron chi connectivity index (χ1n) is 5.44. The van der Waals surface area contributed by atoms with Crippen LogP contribution in [0, 0.1) is 6.92 Å². The van der Waals surface area contributed by atoms with Gasteiger partial charge < -0.3 is 10.3 Å². The minimum atomic E-state index is 0.521. The molecule has 4 heteroatoms. The number of hydrogen-bond acceptors (Lipinski definition) is 4. The third-order valence-corrected chi connectivity index (χ3v) is 2.90. The molecule has 1 heterocycles. The van der Waals surface area contributed by atoms with E-state index in [2.05, 4.69) is 10.1 Å². The minimum Gasteiger partial charge on any atom is -0.399 e. The van der Waals surface area contributed by atoms with Gasteiger partial charge in [0.2, 0.25) is 0 Å².